The molecular weight excluding hydrogens is 650 g/mol. The molecule has 2 aliphatic heterocycles. The van der Waals surface area contributed by atoms with Crippen LogP contribution in [-0.2, 0) is 28.3 Å². The fourth-order valence-electron chi connectivity index (χ4n) is 8.35. The summed E-state index contributed by atoms with van der Waals surface area (Å²) in [6, 6.07) is 13.2. The molecule has 1 saturated carbocycles. The number of anilines is 1. The molecule has 2 aliphatic carbocycles. The number of carbonyl (C=O) groups is 1. The molecule has 7 rings (SSSR count). The van der Waals surface area contributed by atoms with Crippen LogP contribution in [0.25, 0.3) is 0 Å². The van der Waals surface area contributed by atoms with Crippen LogP contribution in [0.5, 0.6) is 5.75 Å². The summed E-state index contributed by atoms with van der Waals surface area (Å²) in [5.41, 5.74) is 2.63. The average Bonchev–Trinajstić information content (AvgIpc) is 3.36. The second kappa shape index (κ2) is 12.5. The molecule has 1 spiro atoms. The molecule has 48 heavy (non-hydrogen) atoms. The van der Waals surface area contributed by atoms with Gasteiger partial charge in [0.25, 0.3) is 5.91 Å². The molecule has 1 amide bonds. The summed E-state index contributed by atoms with van der Waals surface area (Å²) in [5.74, 6) is 0.445. The number of sulfonamides is 1. The number of nitrogens with one attached hydrogen (secondary N) is 1. The molecular formula is C37H44ClN3O6S. The van der Waals surface area contributed by atoms with Crippen LogP contribution < -0.4 is 14.4 Å². The molecule has 0 radical (unpaired) electrons. The molecule has 1 aromatic heterocycles. The first-order valence-corrected chi connectivity index (χ1v) is 19.0. The number of aromatic nitrogens is 1. The van der Waals surface area contributed by atoms with Crippen LogP contribution in [0.4, 0.5) is 5.69 Å². The maximum Gasteiger partial charge on any atom is 0.264 e. The van der Waals surface area contributed by atoms with Crippen molar-refractivity contribution < 1.29 is 27.6 Å². The lowest BCUT2D eigenvalue weighted by Gasteiger charge is -2.49. The summed E-state index contributed by atoms with van der Waals surface area (Å²) in [4.78, 5) is 15.8. The molecule has 0 saturated heterocycles. The van der Waals surface area contributed by atoms with E-state index in [0.717, 1.165) is 42.8 Å². The molecule has 2 bridgehead atoms. The van der Waals surface area contributed by atoms with E-state index in [1.54, 1.807) is 25.1 Å². The van der Waals surface area contributed by atoms with Crippen molar-refractivity contribution in [1.29, 1.82) is 0 Å². The van der Waals surface area contributed by atoms with Gasteiger partial charge in [-0.1, -0.05) is 41.9 Å². The van der Waals surface area contributed by atoms with E-state index in [9.17, 15) is 18.3 Å². The standard InChI is InChI=1S/C37H44ClN3O6S/c1-23-6-4-15-37(43,19-30-16-24(2)47-39-30)32-11-8-28(32)20-41-21-36(14-5-7-26-17-29(38)10-12-31(26)36)22-46-34-13-9-27(18-33(34)41)35(42)40-48(44,45)25(23)3/h4,9-10,12-13,15-18,23,25,28,32,43H,5-8,11,14,19-22H2,1-3H3,(H,40,42)/b15-4-/t23-,25+,28-,32+,36-,37+/m0/s1. The Morgan fingerprint density at radius 1 is 1.15 bits per heavy atom. The van der Waals surface area contributed by atoms with Crippen molar-refractivity contribution >= 4 is 33.2 Å². The van der Waals surface area contributed by atoms with Crippen LogP contribution in [0.1, 0.15) is 78.9 Å². The van der Waals surface area contributed by atoms with E-state index in [0.29, 0.717) is 49.7 Å². The maximum absolute atomic E-state index is 13.5. The fraction of sp³-hybridized carbons (Fsp3) is 0.514. The van der Waals surface area contributed by atoms with Gasteiger partial charge in [-0.2, -0.15) is 0 Å². The van der Waals surface area contributed by atoms with Crippen molar-refractivity contribution in [2.75, 3.05) is 24.6 Å². The Morgan fingerprint density at radius 2 is 1.98 bits per heavy atom. The number of aliphatic hydroxyl groups is 1. The van der Waals surface area contributed by atoms with E-state index in [1.807, 2.05) is 38.1 Å². The predicted octanol–water partition coefficient (Wildman–Crippen LogP) is 6.15. The largest absolute Gasteiger partial charge is 0.490 e. The summed E-state index contributed by atoms with van der Waals surface area (Å²) in [6.07, 6.45) is 9.12. The molecule has 9 nitrogen and oxygen atoms in total. The number of aryl methyl sites for hydroxylation is 2. The highest BCUT2D eigenvalue weighted by Gasteiger charge is 2.48. The van der Waals surface area contributed by atoms with Crippen LogP contribution >= 0.6 is 11.6 Å². The Bertz CT molecular complexity index is 1860. The molecule has 3 aromatic rings. The molecule has 3 heterocycles. The molecule has 0 unspecified atom stereocenters. The quantitative estimate of drug-likeness (QED) is 0.307. The number of fused-ring (bicyclic) bond motifs is 4. The smallest absolute Gasteiger partial charge is 0.264 e. The van der Waals surface area contributed by atoms with Gasteiger partial charge >= 0.3 is 0 Å². The van der Waals surface area contributed by atoms with Gasteiger partial charge in [-0.15, -0.1) is 0 Å². The number of nitrogens with zero attached hydrogens (tertiary/aromatic N) is 2. The fourth-order valence-corrected chi connectivity index (χ4v) is 9.83. The number of allylic oxidation sites excluding steroid dienone is 1. The zero-order chi connectivity index (χ0) is 33.8. The summed E-state index contributed by atoms with van der Waals surface area (Å²) < 4.78 is 41.1. The van der Waals surface area contributed by atoms with Gasteiger partial charge in [-0.25, -0.2) is 13.1 Å². The summed E-state index contributed by atoms with van der Waals surface area (Å²) >= 11 is 6.44. The molecule has 2 N–H and O–H groups in total. The van der Waals surface area contributed by atoms with Gasteiger partial charge < -0.3 is 19.3 Å². The van der Waals surface area contributed by atoms with Crippen molar-refractivity contribution in [3.63, 3.8) is 0 Å². The van der Waals surface area contributed by atoms with Gasteiger partial charge in [0, 0.05) is 41.6 Å². The Balaban J connectivity index is 1.32. The normalized spacial score (nSPS) is 32.2. The van der Waals surface area contributed by atoms with E-state index >= 15 is 0 Å². The van der Waals surface area contributed by atoms with Crippen LogP contribution in [0.15, 0.2) is 59.1 Å². The number of ether oxygens (including phenoxy) is 1. The average molecular weight is 694 g/mol. The minimum atomic E-state index is -3.99. The number of hydrogen-bond donors (Lipinski definition) is 2. The SMILES string of the molecule is Cc1cc(C[C@]2(O)/C=C\C[C@H](C)[C@@H](C)S(=O)(=O)NC(=O)c3ccc4c(c3)N(C[C@@H]3CC[C@H]32)C[C@@]2(CCCc3cc(Cl)ccc32)CO4)no1. The summed E-state index contributed by atoms with van der Waals surface area (Å²) in [6.45, 7) is 7.05. The number of rotatable bonds is 2. The van der Waals surface area contributed by atoms with E-state index in [2.05, 4.69) is 26.9 Å². The number of halogens is 1. The third-order valence-electron chi connectivity index (χ3n) is 11.4. The Hall–Kier alpha value is -3.34. The molecule has 4 aliphatic rings. The Labute approximate surface area is 287 Å². The minimum Gasteiger partial charge on any atom is -0.490 e. The van der Waals surface area contributed by atoms with Crippen LogP contribution in [-0.4, -0.2) is 55.1 Å². The number of carbonyl (C=O) groups excluding carboxylic acids is 1. The van der Waals surface area contributed by atoms with Crippen molar-refractivity contribution in [3.05, 3.63) is 87.8 Å². The summed E-state index contributed by atoms with van der Waals surface area (Å²) in [5, 5.41) is 16.5. The monoisotopic (exact) mass is 693 g/mol. The first kappa shape index (κ1) is 33.2. The van der Waals surface area contributed by atoms with Crippen molar-refractivity contribution in [3.8, 4) is 5.75 Å². The van der Waals surface area contributed by atoms with E-state index in [-0.39, 0.29) is 28.7 Å². The first-order chi connectivity index (χ1) is 22.9. The zero-order valence-electron chi connectivity index (χ0n) is 27.7. The predicted molar refractivity (Wildman–Crippen MR) is 185 cm³/mol. The van der Waals surface area contributed by atoms with Crippen molar-refractivity contribution in [1.82, 2.24) is 9.88 Å². The van der Waals surface area contributed by atoms with Crippen LogP contribution in [0, 0.1) is 24.7 Å². The zero-order valence-corrected chi connectivity index (χ0v) is 29.3. The molecule has 256 valence electrons. The van der Waals surface area contributed by atoms with Crippen LogP contribution in [0.2, 0.25) is 5.02 Å². The third kappa shape index (κ3) is 6.16. The highest BCUT2D eigenvalue weighted by Crippen LogP contribution is 2.49. The first-order valence-electron chi connectivity index (χ1n) is 17.0. The maximum atomic E-state index is 13.5. The number of benzene rings is 2. The second-order valence-corrected chi connectivity index (χ2v) is 17.1. The highest BCUT2D eigenvalue weighted by molar-refractivity contribution is 7.90. The van der Waals surface area contributed by atoms with E-state index in [4.69, 9.17) is 20.9 Å². The number of amides is 1. The Morgan fingerprint density at radius 3 is 2.73 bits per heavy atom. The second-order valence-electron chi connectivity index (χ2n) is 14.6. The molecule has 1 fully saturated rings. The molecule has 11 heteroatoms. The summed E-state index contributed by atoms with van der Waals surface area (Å²) in [7, 11) is -3.99. The van der Waals surface area contributed by atoms with Crippen LogP contribution in [0.3, 0.4) is 0 Å². The Kier molecular flexibility index (Phi) is 8.65. The van der Waals surface area contributed by atoms with E-state index < -0.39 is 26.8 Å². The van der Waals surface area contributed by atoms with Gasteiger partial charge in [0.2, 0.25) is 10.0 Å². The third-order valence-corrected chi connectivity index (χ3v) is 13.5. The van der Waals surface area contributed by atoms with Crippen molar-refractivity contribution in [2.45, 2.75) is 82.0 Å². The van der Waals surface area contributed by atoms with Gasteiger partial charge in [0.1, 0.15) is 11.5 Å². The van der Waals surface area contributed by atoms with Gasteiger partial charge in [0.05, 0.1) is 28.8 Å². The van der Waals surface area contributed by atoms with Gasteiger partial charge in [0.15, 0.2) is 0 Å². The minimum absolute atomic E-state index is 0.0670. The molecule has 2 aromatic carbocycles. The topological polar surface area (TPSA) is 122 Å². The van der Waals surface area contributed by atoms with Gasteiger partial charge in [-0.05, 0) is 112 Å². The molecule has 6 atom stereocenters. The van der Waals surface area contributed by atoms with E-state index in [1.165, 1.54) is 11.1 Å². The van der Waals surface area contributed by atoms with Crippen molar-refractivity contribution in [2.24, 2.45) is 17.8 Å². The number of hydrogen-bond acceptors (Lipinski definition) is 8. The highest BCUT2D eigenvalue weighted by atomic mass is 35.5. The lowest BCUT2D eigenvalue weighted by Crippen LogP contribution is -2.53. The lowest BCUT2D eigenvalue weighted by molar-refractivity contribution is -0.0456. The van der Waals surface area contributed by atoms with Gasteiger partial charge in [-0.3, -0.25) is 4.79 Å². The lowest BCUT2D eigenvalue weighted by atomic mass is 9.62.